The van der Waals surface area contributed by atoms with Crippen molar-refractivity contribution in [3.63, 3.8) is 0 Å². The lowest BCUT2D eigenvalue weighted by Gasteiger charge is -2.32. The molecule has 0 spiro atoms. The van der Waals surface area contributed by atoms with Gasteiger partial charge in [0.15, 0.2) is 0 Å². The van der Waals surface area contributed by atoms with Crippen molar-refractivity contribution >= 4 is 35.1 Å². The summed E-state index contributed by atoms with van der Waals surface area (Å²) in [6, 6.07) is 0. The summed E-state index contributed by atoms with van der Waals surface area (Å²) in [6.45, 7) is 2.86. The molecule has 0 amide bonds. The fourth-order valence-electron chi connectivity index (χ4n) is 1.26. The van der Waals surface area contributed by atoms with Crippen molar-refractivity contribution in [1.82, 2.24) is 0 Å². The van der Waals surface area contributed by atoms with Crippen LogP contribution in [0.15, 0.2) is 0 Å². The molecule has 0 aliphatic carbocycles. The van der Waals surface area contributed by atoms with Gasteiger partial charge in [-0.05, 0) is 13.8 Å². The van der Waals surface area contributed by atoms with Crippen molar-refractivity contribution in [1.29, 1.82) is 0 Å². The van der Waals surface area contributed by atoms with Crippen LogP contribution in [0, 0.1) is 5.41 Å². The Morgan fingerprint density at radius 1 is 1.21 bits per heavy atom. The summed E-state index contributed by atoms with van der Waals surface area (Å²) in [5.74, 6) is -2.52. The van der Waals surface area contributed by atoms with Gasteiger partial charge in [-0.3, -0.25) is 9.59 Å². The third kappa shape index (κ3) is 2.51. The van der Waals surface area contributed by atoms with E-state index in [-0.39, 0.29) is 0 Å². The highest BCUT2D eigenvalue weighted by atomic mass is 35.5. The Kier molecular flexibility index (Phi) is 4.68. The van der Waals surface area contributed by atoms with E-state index in [2.05, 4.69) is 0 Å². The highest BCUT2D eigenvalue weighted by Gasteiger charge is 2.49. The molecule has 0 aromatic carbocycles. The van der Waals surface area contributed by atoms with Gasteiger partial charge in [0.05, 0.1) is 6.42 Å². The van der Waals surface area contributed by atoms with Crippen molar-refractivity contribution in [2.24, 2.45) is 5.41 Å². The van der Waals surface area contributed by atoms with Crippen molar-refractivity contribution in [2.45, 2.75) is 31.0 Å². The number of alkyl halides is 2. The summed E-state index contributed by atoms with van der Waals surface area (Å²) in [4.78, 5) is 21.6. The molecule has 2 unspecified atom stereocenters. The van der Waals surface area contributed by atoms with Crippen LogP contribution in [-0.4, -0.2) is 32.9 Å². The summed E-state index contributed by atoms with van der Waals surface area (Å²) in [5, 5.41) is 15.9. The SMILES string of the molecule is CC(Cl)C(CC(=O)O)(C(=O)O)C(C)Cl. The average Bonchev–Trinajstić information content (AvgIpc) is 1.97. The van der Waals surface area contributed by atoms with E-state index >= 15 is 0 Å². The van der Waals surface area contributed by atoms with Gasteiger partial charge in [-0.25, -0.2) is 0 Å². The Balaban J connectivity index is 5.16. The van der Waals surface area contributed by atoms with E-state index < -0.39 is 34.5 Å². The molecule has 4 nitrogen and oxygen atoms in total. The summed E-state index contributed by atoms with van der Waals surface area (Å²) in [7, 11) is 0. The van der Waals surface area contributed by atoms with Gasteiger partial charge in [0.25, 0.3) is 0 Å². The fourth-order valence-corrected chi connectivity index (χ4v) is 2.05. The minimum Gasteiger partial charge on any atom is -0.481 e. The van der Waals surface area contributed by atoms with Crippen LogP contribution in [-0.2, 0) is 9.59 Å². The second-order valence-corrected chi connectivity index (χ2v) is 4.46. The van der Waals surface area contributed by atoms with E-state index in [0.29, 0.717) is 0 Å². The van der Waals surface area contributed by atoms with Crippen LogP contribution < -0.4 is 0 Å². The molecule has 6 heteroatoms. The quantitative estimate of drug-likeness (QED) is 0.722. The van der Waals surface area contributed by atoms with E-state index in [9.17, 15) is 9.59 Å². The zero-order chi connectivity index (χ0) is 11.5. The van der Waals surface area contributed by atoms with Crippen molar-refractivity contribution in [3.8, 4) is 0 Å². The molecule has 0 aliphatic heterocycles. The van der Waals surface area contributed by atoms with Crippen LogP contribution in [0.1, 0.15) is 20.3 Å². The summed E-state index contributed by atoms with van der Waals surface area (Å²) < 4.78 is 0. The van der Waals surface area contributed by atoms with Crippen LogP contribution in [0.2, 0.25) is 0 Å². The van der Waals surface area contributed by atoms with Gasteiger partial charge in [0.1, 0.15) is 5.41 Å². The summed E-state index contributed by atoms with van der Waals surface area (Å²) in [5.41, 5.74) is -1.63. The number of carboxylic acids is 2. The Bertz CT molecular complexity index is 229. The first-order valence-electron chi connectivity index (χ1n) is 3.98. The number of halogens is 2. The maximum atomic E-state index is 11.0. The van der Waals surface area contributed by atoms with Gasteiger partial charge in [0.2, 0.25) is 0 Å². The Labute approximate surface area is 91.8 Å². The van der Waals surface area contributed by atoms with Gasteiger partial charge in [0, 0.05) is 10.8 Å². The van der Waals surface area contributed by atoms with E-state index in [1.54, 1.807) is 0 Å². The number of carbonyl (C=O) groups is 2. The Morgan fingerprint density at radius 2 is 1.57 bits per heavy atom. The first-order valence-corrected chi connectivity index (χ1v) is 4.85. The van der Waals surface area contributed by atoms with Gasteiger partial charge in [-0.1, -0.05) is 0 Å². The fraction of sp³-hybridized carbons (Fsp3) is 0.750. The zero-order valence-corrected chi connectivity index (χ0v) is 9.34. The second kappa shape index (κ2) is 4.84. The monoisotopic (exact) mass is 242 g/mol. The van der Waals surface area contributed by atoms with E-state index in [0.717, 1.165) is 0 Å². The normalized spacial score (nSPS) is 19.4. The van der Waals surface area contributed by atoms with Crippen LogP contribution in [0.3, 0.4) is 0 Å². The molecule has 2 atom stereocenters. The highest BCUT2D eigenvalue weighted by Crippen LogP contribution is 2.37. The zero-order valence-electron chi connectivity index (χ0n) is 7.83. The van der Waals surface area contributed by atoms with Gasteiger partial charge >= 0.3 is 11.9 Å². The number of hydrogen-bond acceptors (Lipinski definition) is 2. The van der Waals surface area contributed by atoms with Crippen LogP contribution in [0.4, 0.5) is 0 Å². The predicted molar refractivity (Wildman–Crippen MR) is 53.0 cm³/mol. The largest absolute Gasteiger partial charge is 0.481 e. The van der Waals surface area contributed by atoms with Crippen molar-refractivity contribution in [2.75, 3.05) is 0 Å². The number of aliphatic carboxylic acids is 2. The topological polar surface area (TPSA) is 74.6 Å². The standard InChI is InChI=1S/C8H12Cl2O4/c1-4(9)8(5(2)10,7(13)14)3-6(11)12/h4-5H,3H2,1-2H3,(H,11,12)(H,13,14). The molecule has 0 rings (SSSR count). The molecule has 0 aliphatic rings. The molecule has 14 heavy (non-hydrogen) atoms. The Hall–Kier alpha value is -0.480. The van der Waals surface area contributed by atoms with Crippen LogP contribution in [0.5, 0.6) is 0 Å². The second-order valence-electron chi connectivity index (χ2n) is 3.15. The maximum absolute atomic E-state index is 11.0. The van der Waals surface area contributed by atoms with E-state index in [4.69, 9.17) is 33.4 Å². The van der Waals surface area contributed by atoms with Crippen LogP contribution >= 0.6 is 23.2 Å². The third-order valence-corrected chi connectivity index (χ3v) is 3.04. The lowest BCUT2D eigenvalue weighted by atomic mass is 9.78. The minimum absolute atomic E-state index is 0.586. The minimum atomic E-state index is -1.63. The summed E-state index contributed by atoms with van der Waals surface area (Å²) in [6.07, 6.45) is -0.586. The van der Waals surface area contributed by atoms with Crippen molar-refractivity contribution < 1.29 is 19.8 Å². The van der Waals surface area contributed by atoms with Crippen molar-refractivity contribution in [3.05, 3.63) is 0 Å². The Morgan fingerprint density at radius 3 is 1.64 bits per heavy atom. The molecule has 82 valence electrons. The molecule has 0 saturated heterocycles. The molecular formula is C8H12Cl2O4. The van der Waals surface area contributed by atoms with Gasteiger partial charge < -0.3 is 10.2 Å². The molecule has 0 bridgehead atoms. The first kappa shape index (κ1) is 13.5. The molecular weight excluding hydrogens is 231 g/mol. The molecule has 0 saturated carbocycles. The predicted octanol–water partition coefficient (Wildman–Crippen LogP) is 1.79. The molecule has 2 N–H and O–H groups in total. The smallest absolute Gasteiger partial charge is 0.313 e. The van der Waals surface area contributed by atoms with E-state index in [1.165, 1.54) is 13.8 Å². The number of rotatable bonds is 5. The molecule has 0 aromatic heterocycles. The first-order chi connectivity index (χ1) is 6.25. The van der Waals surface area contributed by atoms with E-state index in [1.807, 2.05) is 0 Å². The van der Waals surface area contributed by atoms with Crippen LogP contribution in [0.25, 0.3) is 0 Å². The lowest BCUT2D eigenvalue weighted by molar-refractivity contribution is -0.155. The highest BCUT2D eigenvalue weighted by molar-refractivity contribution is 6.27. The number of carboxylic acid groups (broad SMARTS) is 2. The lowest BCUT2D eigenvalue weighted by Crippen LogP contribution is -2.46. The average molecular weight is 243 g/mol. The van der Waals surface area contributed by atoms with Gasteiger partial charge in [-0.15, -0.1) is 23.2 Å². The third-order valence-electron chi connectivity index (χ3n) is 2.26. The number of hydrogen-bond donors (Lipinski definition) is 2. The van der Waals surface area contributed by atoms with Gasteiger partial charge in [-0.2, -0.15) is 0 Å². The maximum Gasteiger partial charge on any atom is 0.313 e. The molecule has 0 radical (unpaired) electrons. The molecule has 0 heterocycles. The summed E-state index contributed by atoms with van der Waals surface area (Å²) >= 11 is 11.4. The molecule has 0 fully saturated rings. The molecule has 0 aromatic rings.